The molecule has 1 saturated carbocycles. The molecule has 0 radical (unpaired) electrons. The van der Waals surface area contributed by atoms with Gasteiger partial charge < -0.3 is 5.32 Å². The molecule has 1 aromatic heterocycles. The molecule has 82 valence electrons. The third-order valence-electron chi connectivity index (χ3n) is 3.23. The molecule has 1 atom stereocenters. The Labute approximate surface area is 99.6 Å². The zero-order valence-corrected chi connectivity index (χ0v) is 10.6. The van der Waals surface area contributed by atoms with Crippen LogP contribution in [0.1, 0.15) is 31.9 Å². The third kappa shape index (κ3) is 3.02. The molecule has 1 fully saturated rings. The number of aromatic nitrogens is 1. The van der Waals surface area contributed by atoms with E-state index in [0.29, 0.717) is 6.04 Å². The van der Waals surface area contributed by atoms with Crippen LogP contribution in [0.2, 0.25) is 0 Å². The van der Waals surface area contributed by atoms with Crippen molar-refractivity contribution in [3.63, 3.8) is 0 Å². The van der Waals surface area contributed by atoms with E-state index in [0.717, 1.165) is 22.8 Å². The number of nitrogens with one attached hydrogen (secondary N) is 1. The zero-order chi connectivity index (χ0) is 10.7. The molecule has 1 aliphatic rings. The van der Waals surface area contributed by atoms with Gasteiger partial charge in [-0.3, -0.25) is 0 Å². The van der Waals surface area contributed by atoms with Gasteiger partial charge in [-0.25, -0.2) is 4.98 Å². The van der Waals surface area contributed by atoms with E-state index < -0.39 is 0 Å². The van der Waals surface area contributed by atoms with Crippen LogP contribution in [0.5, 0.6) is 0 Å². The maximum absolute atomic E-state index is 4.40. The molecule has 0 aliphatic heterocycles. The van der Waals surface area contributed by atoms with E-state index in [-0.39, 0.29) is 0 Å². The number of pyridine rings is 1. The summed E-state index contributed by atoms with van der Waals surface area (Å²) in [6.45, 7) is 3.15. The molecular weight excluding hydrogens is 252 g/mol. The van der Waals surface area contributed by atoms with Gasteiger partial charge in [0, 0.05) is 12.6 Å². The molecule has 0 spiro atoms. The third-order valence-corrected chi connectivity index (χ3v) is 3.68. The Balaban J connectivity index is 1.81. The van der Waals surface area contributed by atoms with E-state index in [9.17, 15) is 0 Å². The smallest absolute Gasteiger partial charge is 0.106 e. The van der Waals surface area contributed by atoms with Crippen molar-refractivity contribution in [2.24, 2.45) is 5.92 Å². The van der Waals surface area contributed by atoms with E-state index in [1.54, 1.807) is 0 Å². The van der Waals surface area contributed by atoms with Crippen LogP contribution in [-0.2, 0) is 6.54 Å². The van der Waals surface area contributed by atoms with Crippen LogP contribution in [0.4, 0.5) is 0 Å². The number of halogens is 1. The summed E-state index contributed by atoms with van der Waals surface area (Å²) >= 11 is 3.38. The molecule has 1 heterocycles. The first-order valence-electron chi connectivity index (χ1n) is 5.60. The fourth-order valence-corrected chi connectivity index (χ4v) is 2.30. The highest BCUT2D eigenvalue weighted by Crippen LogP contribution is 2.29. The van der Waals surface area contributed by atoms with Crippen LogP contribution in [0, 0.1) is 5.92 Å². The molecule has 1 aromatic rings. The van der Waals surface area contributed by atoms with Gasteiger partial charge in [-0.1, -0.05) is 12.5 Å². The van der Waals surface area contributed by atoms with Gasteiger partial charge in [-0.15, -0.1) is 0 Å². The lowest BCUT2D eigenvalue weighted by atomic mass is 9.80. The minimum Gasteiger partial charge on any atom is -0.308 e. The lowest BCUT2D eigenvalue weighted by Crippen LogP contribution is -2.36. The summed E-state index contributed by atoms with van der Waals surface area (Å²) in [7, 11) is 0. The number of rotatable bonds is 4. The lowest BCUT2D eigenvalue weighted by Gasteiger charge is -2.32. The molecule has 15 heavy (non-hydrogen) atoms. The van der Waals surface area contributed by atoms with Crippen LogP contribution in [-0.4, -0.2) is 11.0 Å². The highest BCUT2D eigenvalue weighted by molar-refractivity contribution is 9.10. The summed E-state index contributed by atoms with van der Waals surface area (Å²) in [5.74, 6) is 0.886. The van der Waals surface area contributed by atoms with Gasteiger partial charge in [0.1, 0.15) is 4.60 Å². The molecule has 2 nitrogen and oxygen atoms in total. The summed E-state index contributed by atoms with van der Waals surface area (Å²) in [4.78, 5) is 4.40. The van der Waals surface area contributed by atoms with Crippen molar-refractivity contribution in [3.8, 4) is 0 Å². The summed E-state index contributed by atoms with van der Waals surface area (Å²) in [6, 6.07) is 6.67. The molecule has 3 heteroatoms. The Hall–Kier alpha value is -0.410. The van der Waals surface area contributed by atoms with E-state index in [4.69, 9.17) is 0 Å². The summed E-state index contributed by atoms with van der Waals surface area (Å²) < 4.78 is 0.915. The molecule has 0 amide bonds. The van der Waals surface area contributed by atoms with Crippen LogP contribution in [0.25, 0.3) is 0 Å². The van der Waals surface area contributed by atoms with E-state index in [1.165, 1.54) is 19.3 Å². The van der Waals surface area contributed by atoms with E-state index in [2.05, 4.69) is 39.2 Å². The van der Waals surface area contributed by atoms with Gasteiger partial charge in [-0.05, 0) is 53.7 Å². The summed E-state index contributed by atoms with van der Waals surface area (Å²) in [5.41, 5.74) is 1.11. The van der Waals surface area contributed by atoms with Crippen LogP contribution >= 0.6 is 15.9 Å². The van der Waals surface area contributed by atoms with Crippen molar-refractivity contribution in [1.29, 1.82) is 0 Å². The standard InChI is InChI=1S/C12H17BrN2/c1-9(10-4-2-5-10)14-8-11-6-3-7-12(13)15-11/h3,6-7,9-10,14H,2,4-5,8H2,1H3. The minimum absolute atomic E-state index is 0.625. The van der Waals surface area contributed by atoms with Crippen molar-refractivity contribution in [1.82, 2.24) is 10.3 Å². The molecule has 1 N–H and O–H groups in total. The molecule has 2 rings (SSSR count). The fourth-order valence-electron chi connectivity index (χ4n) is 1.92. The average molecular weight is 269 g/mol. The Morgan fingerprint density at radius 2 is 2.33 bits per heavy atom. The second-order valence-electron chi connectivity index (χ2n) is 4.31. The van der Waals surface area contributed by atoms with Gasteiger partial charge >= 0.3 is 0 Å². The monoisotopic (exact) mass is 268 g/mol. The van der Waals surface area contributed by atoms with Crippen molar-refractivity contribution in [2.45, 2.75) is 38.8 Å². The van der Waals surface area contributed by atoms with E-state index >= 15 is 0 Å². The lowest BCUT2D eigenvalue weighted by molar-refractivity contribution is 0.239. The predicted octanol–water partition coefficient (Wildman–Crippen LogP) is 3.12. The molecule has 0 aromatic carbocycles. The number of nitrogens with zero attached hydrogens (tertiary/aromatic N) is 1. The highest BCUT2D eigenvalue weighted by Gasteiger charge is 2.23. The second-order valence-corrected chi connectivity index (χ2v) is 5.12. The Bertz CT molecular complexity index is 323. The van der Waals surface area contributed by atoms with Gasteiger partial charge in [-0.2, -0.15) is 0 Å². The molecule has 0 bridgehead atoms. The largest absolute Gasteiger partial charge is 0.308 e. The Morgan fingerprint density at radius 1 is 1.53 bits per heavy atom. The quantitative estimate of drug-likeness (QED) is 0.849. The first-order valence-corrected chi connectivity index (χ1v) is 6.40. The second kappa shape index (κ2) is 5.08. The number of hydrogen-bond donors (Lipinski definition) is 1. The highest BCUT2D eigenvalue weighted by atomic mass is 79.9. The predicted molar refractivity (Wildman–Crippen MR) is 65.6 cm³/mol. The van der Waals surface area contributed by atoms with Gasteiger partial charge in [0.05, 0.1) is 5.69 Å². The summed E-state index contributed by atoms with van der Waals surface area (Å²) in [5, 5.41) is 3.54. The van der Waals surface area contributed by atoms with Crippen molar-refractivity contribution >= 4 is 15.9 Å². The Morgan fingerprint density at radius 3 is 2.93 bits per heavy atom. The molecular formula is C12H17BrN2. The van der Waals surface area contributed by atoms with E-state index in [1.807, 2.05) is 12.1 Å². The maximum Gasteiger partial charge on any atom is 0.106 e. The summed E-state index contributed by atoms with van der Waals surface area (Å²) in [6.07, 6.45) is 4.19. The average Bonchev–Trinajstić information content (AvgIpc) is 2.12. The van der Waals surface area contributed by atoms with Crippen molar-refractivity contribution in [2.75, 3.05) is 0 Å². The maximum atomic E-state index is 4.40. The topological polar surface area (TPSA) is 24.9 Å². The minimum atomic E-state index is 0.625. The van der Waals surface area contributed by atoms with Crippen molar-refractivity contribution in [3.05, 3.63) is 28.5 Å². The fraction of sp³-hybridized carbons (Fsp3) is 0.583. The van der Waals surface area contributed by atoms with Crippen LogP contribution in [0.15, 0.2) is 22.8 Å². The van der Waals surface area contributed by atoms with Crippen LogP contribution < -0.4 is 5.32 Å². The van der Waals surface area contributed by atoms with Gasteiger partial charge in [0.15, 0.2) is 0 Å². The first-order chi connectivity index (χ1) is 7.25. The van der Waals surface area contributed by atoms with Gasteiger partial charge in [0.25, 0.3) is 0 Å². The van der Waals surface area contributed by atoms with Gasteiger partial charge in [0.2, 0.25) is 0 Å². The SMILES string of the molecule is CC(NCc1cccc(Br)n1)C1CCC1. The Kier molecular flexibility index (Phi) is 3.76. The molecule has 1 unspecified atom stereocenters. The number of hydrogen-bond acceptors (Lipinski definition) is 2. The van der Waals surface area contributed by atoms with Crippen LogP contribution in [0.3, 0.4) is 0 Å². The molecule has 1 aliphatic carbocycles. The zero-order valence-electron chi connectivity index (χ0n) is 9.04. The first kappa shape index (κ1) is 11.1. The molecule has 0 saturated heterocycles. The van der Waals surface area contributed by atoms with Crippen molar-refractivity contribution < 1.29 is 0 Å². The normalized spacial score (nSPS) is 18.5.